The van der Waals surface area contributed by atoms with E-state index >= 15 is 0 Å². The molecule has 0 bridgehead atoms. The average molecular weight is 1130 g/mol. The molecule has 0 aliphatic carbocycles. The third kappa shape index (κ3) is 66.1. The van der Waals surface area contributed by atoms with Gasteiger partial charge < -0.3 is 14.2 Å². The molecule has 82 heavy (non-hydrogen) atoms. The summed E-state index contributed by atoms with van der Waals surface area (Å²) in [7, 11) is 0. The molecule has 0 amide bonds. The van der Waals surface area contributed by atoms with Crippen molar-refractivity contribution in [3.05, 3.63) is 146 Å². The van der Waals surface area contributed by atoms with Gasteiger partial charge in [-0.25, -0.2) is 0 Å². The summed E-state index contributed by atoms with van der Waals surface area (Å²) in [6, 6.07) is 0. The summed E-state index contributed by atoms with van der Waals surface area (Å²) >= 11 is 0. The largest absolute Gasteiger partial charge is 0.462 e. The second-order valence-corrected chi connectivity index (χ2v) is 22.0. The average Bonchev–Trinajstić information content (AvgIpc) is 3.47. The molecule has 0 N–H and O–H groups in total. The van der Waals surface area contributed by atoms with Crippen LogP contribution >= 0.6 is 0 Å². The monoisotopic (exact) mass is 1130 g/mol. The first-order valence-corrected chi connectivity index (χ1v) is 33.8. The summed E-state index contributed by atoms with van der Waals surface area (Å²) in [6.07, 6.45) is 98.8. The Bertz CT molecular complexity index is 1780. The molecule has 464 valence electrons. The summed E-state index contributed by atoms with van der Waals surface area (Å²) in [5.74, 6) is -0.997. The number of carbonyl (C=O) groups excluding carboxylic acids is 3. The van der Waals surface area contributed by atoms with Crippen molar-refractivity contribution < 1.29 is 28.6 Å². The van der Waals surface area contributed by atoms with Crippen LogP contribution in [0.25, 0.3) is 0 Å². The minimum Gasteiger partial charge on any atom is -0.462 e. The lowest BCUT2D eigenvalue weighted by Gasteiger charge is -2.18. The Labute approximate surface area is 506 Å². The highest BCUT2D eigenvalue weighted by Gasteiger charge is 2.19. The van der Waals surface area contributed by atoms with Crippen LogP contribution < -0.4 is 0 Å². The second kappa shape index (κ2) is 68.8. The van der Waals surface area contributed by atoms with E-state index in [-0.39, 0.29) is 37.5 Å². The van der Waals surface area contributed by atoms with Crippen molar-refractivity contribution in [2.45, 2.75) is 303 Å². The molecule has 0 aromatic carbocycles. The van der Waals surface area contributed by atoms with Crippen molar-refractivity contribution in [3.8, 4) is 0 Å². The predicted molar refractivity (Wildman–Crippen MR) is 357 cm³/mol. The molecular formula is C76H124O6. The third-order valence-corrected chi connectivity index (χ3v) is 14.1. The van der Waals surface area contributed by atoms with Crippen molar-refractivity contribution in [3.63, 3.8) is 0 Å². The Morgan fingerprint density at radius 2 is 0.488 bits per heavy atom. The van der Waals surface area contributed by atoms with Crippen LogP contribution in [0, 0.1) is 0 Å². The van der Waals surface area contributed by atoms with Crippen LogP contribution in [0.5, 0.6) is 0 Å². The molecular weight excluding hydrogens is 1010 g/mol. The fourth-order valence-electron chi connectivity index (χ4n) is 9.11. The molecule has 0 aliphatic heterocycles. The molecule has 6 nitrogen and oxygen atoms in total. The summed E-state index contributed by atoms with van der Waals surface area (Å²) in [5, 5.41) is 0. The predicted octanol–water partition coefficient (Wildman–Crippen LogP) is 23.5. The molecule has 0 radical (unpaired) electrons. The zero-order valence-corrected chi connectivity index (χ0v) is 53.2. The van der Waals surface area contributed by atoms with E-state index in [1.165, 1.54) is 122 Å². The van der Waals surface area contributed by atoms with Gasteiger partial charge in [0.15, 0.2) is 6.10 Å². The van der Waals surface area contributed by atoms with E-state index in [2.05, 4.69) is 167 Å². The first kappa shape index (κ1) is 77.3. The number of rotatable bonds is 60. The normalized spacial score (nSPS) is 13.1. The smallest absolute Gasteiger partial charge is 0.306 e. The van der Waals surface area contributed by atoms with E-state index in [0.29, 0.717) is 19.3 Å². The molecule has 0 saturated carbocycles. The zero-order valence-electron chi connectivity index (χ0n) is 53.2. The van der Waals surface area contributed by atoms with E-state index < -0.39 is 6.10 Å². The summed E-state index contributed by atoms with van der Waals surface area (Å²) < 4.78 is 16.9. The summed E-state index contributed by atoms with van der Waals surface area (Å²) in [4.78, 5) is 38.3. The number of hydrogen-bond acceptors (Lipinski definition) is 6. The van der Waals surface area contributed by atoms with Crippen LogP contribution in [-0.4, -0.2) is 37.2 Å². The summed E-state index contributed by atoms with van der Waals surface area (Å²) in [6.45, 7) is 6.36. The molecule has 6 heteroatoms. The van der Waals surface area contributed by atoms with Gasteiger partial charge in [-0.2, -0.15) is 0 Å². The number of allylic oxidation sites excluding steroid dienone is 24. The first-order valence-electron chi connectivity index (χ1n) is 33.8. The third-order valence-electron chi connectivity index (χ3n) is 14.1. The SMILES string of the molecule is CC/C=C\C/C=C\C/C=C\C/C=C\C/C=C\C/C=C\C/C=C\C/C=C\C/C=C\CCCC(=O)OCC(COC(=O)CCCCC/C=C\C/C=C\C/C=C\CC)OC(=O)CCCCCCCCCCCCCCCCCCCCCCCC. The highest BCUT2D eigenvalue weighted by Crippen LogP contribution is 2.17. The molecule has 0 spiro atoms. The second-order valence-electron chi connectivity index (χ2n) is 22.0. The fourth-order valence-corrected chi connectivity index (χ4v) is 9.11. The Morgan fingerprint density at radius 3 is 0.793 bits per heavy atom. The number of hydrogen-bond donors (Lipinski definition) is 0. The molecule has 0 aromatic heterocycles. The van der Waals surface area contributed by atoms with Gasteiger partial charge in [0, 0.05) is 19.3 Å². The van der Waals surface area contributed by atoms with Gasteiger partial charge in [-0.05, 0) is 116 Å². The topological polar surface area (TPSA) is 78.9 Å². The van der Waals surface area contributed by atoms with E-state index in [0.717, 1.165) is 128 Å². The van der Waals surface area contributed by atoms with Crippen molar-refractivity contribution in [2.75, 3.05) is 13.2 Å². The Morgan fingerprint density at radius 1 is 0.256 bits per heavy atom. The Balaban J connectivity index is 4.43. The van der Waals surface area contributed by atoms with Gasteiger partial charge >= 0.3 is 17.9 Å². The first-order chi connectivity index (χ1) is 40.5. The quantitative estimate of drug-likeness (QED) is 0.0261. The highest BCUT2D eigenvalue weighted by molar-refractivity contribution is 5.71. The van der Waals surface area contributed by atoms with Crippen LogP contribution in [0.2, 0.25) is 0 Å². The van der Waals surface area contributed by atoms with Crippen LogP contribution in [-0.2, 0) is 28.6 Å². The molecule has 0 heterocycles. The molecule has 0 fully saturated rings. The molecule has 0 aromatic rings. The number of esters is 3. The van der Waals surface area contributed by atoms with E-state index in [4.69, 9.17) is 14.2 Å². The van der Waals surface area contributed by atoms with Crippen LogP contribution in [0.4, 0.5) is 0 Å². The van der Waals surface area contributed by atoms with Crippen molar-refractivity contribution in [1.29, 1.82) is 0 Å². The standard InChI is InChI=1S/C76H124O6/c1-4-7-10-13-16-19-22-25-27-29-31-33-35-36-37-38-39-40-41-43-44-46-48-51-54-57-60-63-66-69-75(78)81-72-73(71-80-74(77)68-65-62-59-56-53-50-24-21-18-15-12-9-6-3)82-76(79)70-67-64-61-58-55-52-49-47-45-42-34-32-30-28-26-23-20-17-14-11-8-5-2/h7,9-10,12,16,18-19,21,25,27,31,33,36-37,39-40,43-44,48,50-51,53,57,60,73H,4-6,8,11,13-15,17,20,22-24,26,28-30,32,34-35,38,41-42,45-47,49,52,54-56,58-59,61-72H2,1-3H3/b10-7-,12-9-,19-16-,21-18-,27-25-,33-31-,37-36-,40-39-,44-43-,51-48-,53-50-,60-57-. The van der Waals surface area contributed by atoms with Gasteiger partial charge in [0.2, 0.25) is 0 Å². The van der Waals surface area contributed by atoms with Gasteiger partial charge in [0.05, 0.1) is 0 Å². The molecule has 0 saturated heterocycles. The molecule has 0 rings (SSSR count). The van der Waals surface area contributed by atoms with Gasteiger partial charge in [0.25, 0.3) is 0 Å². The van der Waals surface area contributed by atoms with E-state index in [9.17, 15) is 14.4 Å². The lowest BCUT2D eigenvalue weighted by Crippen LogP contribution is -2.30. The lowest BCUT2D eigenvalue weighted by atomic mass is 10.0. The Kier molecular flexibility index (Phi) is 64.8. The maximum Gasteiger partial charge on any atom is 0.306 e. The number of ether oxygens (including phenoxy) is 3. The van der Waals surface area contributed by atoms with Crippen LogP contribution in [0.1, 0.15) is 297 Å². The van der Waals surface area contributed by atoms with Gasteiger partial charge in [0.1, 0.15) is 13.2 Å². The van der Waals surface area contributed by atoms with Crippen molar-refractivity contribution in [2.24, 2.45) is 0 Å². The molecule has 1 atom stereocenters. The van der Waals surface area contributed by atoms with Gasteiger partial charge in [-0.1, -0.05) is 308 Å². The minimum atomic E-state index is -0.819. The van der Waals surface area contributed by atoms with Crippen molar-refractivity contribution >= 4 is 17.9 Å². The molecule has 0 aliphatic rings. The van der Waals surface area contributed by atoms with Crippen LogP contribution in [0.3, 0.4) is 0 Å². The minimum absolute atomic E-state index is 0.114. The van der Waals surface area contributed by atoms with Gasteiger partial charge in [-0.3, -0.25) is 14.4 Å². The fraction of sp³-hybridized carbons (Fsp3) is 0.645. The number of carbonyl (C=O) groups is 3. The van der Waals surface area contributed by atoms with Crippen molar-refractivity contribution in [1.82, 2.24) is 0 Å². The zero-order chi connectivity index (χ0) is 59.2. The maximum atomic E-state index is 12.9. The van der Waals surface area contributed by atoms with Gasteiger partial charge in [-0.15, -0.1) is 0 Å². The maximum absolute atomic E-state index is 12.9. The van der Waals surface area contributed by atoms with E-state index in [1.54, 1.807) is 0 Å². The molecule has 1 unspecified atom stereocenters. The Hall–Kier alpha value is -4.71. The van der Waals surface area contributed by atoms with Crippen LogP contribution in [0.15, 0.2) is 146 Å². The lowest BCUT2D eigenvalue weighted by molar-refractivity contribution is -0.167. The summed E-state index contributed by atoms with van der Waals surface area (Å²) in [5.41, 5.74) is 0. The highest BCUT2D eigenvalue weighted by atomic mass is 16.6. The number of unbranched alkanes of at least 4 members (excludes halogenated alkanes) is 25. The van der Waals surface area contributed by atoms with E-state index in [1.807, 2.05) is 0 Å².